The van der Waals surface area contributed by atoms with Crippen molar-refractivity contribution in [2.75, 3.05) is 34.5 Å². The summed E-state index contributed by atoms with van der Waals surface area (Å²) in [4.78, 5) is 73.1. The maximum absolute atomic E-state index is 14.1. The summed E-state index contributed by atoms with van der Waals surface area (Å²) in [5.41, 5.74) is 6.52. The lowest BCUT2D eigenvalue weighted by atomic mass is 9.92. The third kappa shape index (κ3) is 8.28. The molecular weight excluding hydrogens is 805 g/mol. The fraction of sp³-hybridized carbons (Fsp3) is 0.489. The van der Waals surface area contributed by atoms with Crippen LogP contribution in [0.4, 0.5) is 9.59 Å². The number of rotatable bonds is 12. The van der Waals surface area contributed by atoms with Crippen molar-refractivity contribution in [1.82, 2.24) is 40.4 Å². The predicted molar refractivity (Wildman–Crippen MR) is 237 cm³/mol. The first-order valence-corrected chi connectivity index (χ1v) is 21.9. The van der Waals surface area contributed by atoms with Gasteiger partial charge in [-0.2, -0.15) is 0 Å². The summed E-state index contributed by atoms with van der Waals surface area (Å²) in [7, 11) is 4.24. The number of methoxy groups -OCH3 is 3. The van der Waals surface area contributed by atoms with Crippen LogP contribution in [0.2, 0.25) is 0 Å². The molecule has 0 aliphatic carbocycles. The molecule has 5 aromatic rings. The van der Waals surface area contributed by atoms with E-state index in [1.165, 1.54) is 14.2 Å². The Morgan fingerprint density at radius 3 is 2.37 bits per heavy atom. The highest BCUT2D eigenvalue weighted by Crippen LogP contribution is 2.44. The van der Waals surface area contributed by atoms with Crippen LogP contribution >= 0.6 is 0 Å². The average Bonchev–Trinajstić information content (AvgIpc) is 4.11. The van der Waals surface area contributed by atoms with Crippen LogP contribution in [0, 0.1) is 17.8 Å². The van der Waals surface area contributed by atoms with Crippen LogP contribution in [0.25, 0.3) is 44.2 Å². The lowest BCUT2D eigenvalue weighted by Gasteiger charge is -2.33. The minimum atomic E-state index is -0.755. The molecule has 3 aliphatic heterocycles. The number of likely N-dealkylation sites (tertiary alicyclic amines) is 2. The number of fused-ring (bicyclic) bond motifs is 6. The molecule has 8 rings (SSSR count). The maximum atomic E-state index is 14.1. The number of nitrogens with zero attached hydrogens (tertiary/aromatic N) is 4. The Bertz CT molecular complexity index is 2530. The van der Waals surface area contributed by atoms with Gasteiger partial charge in [0.2, 0.25) is 11.8 Å². The molecule has 0 unspecified atom stereocenters. The number of hydrogen-bond acceptors (Lipinski definition) is 10. The average molecular weight is 863 g/mol. The third-order valence-corrected chi connectivity index (χ3v) is 13.2. The summed E-state index contributed by atoms with van der Waals surface area (Å²) < 4.78 is 21.6. The van der Waals surface area contributed by atoms with Crippen molar-refractivity contribution in [1.29, 1.82) is 0 Å². The summed E-state index contributed by atoms with van der Waals surface area (Å²) in [5.74, 6) is 1.69. The Morgan fingerprint density at radius 2 is 1.65 bits per heavy atom. The number of carbonyl (C=O) groups excluding carboxylic acids is 4. The summed E-state index contributed by atoms with van der Waals surface area (Å²) in [6, 6.07) is 12.5. The van der Waals surface area contributed by atoms with E-state index in [2.05, 4.69) is 57.0 Å². The predicted octanol–water partition coefficient (Wildman–Crippen LogP) is 7.40. The zero-order valence-corrected chi connectivity index (χ0v) is 37.2. The van der Waals surface area contributed by atoms with Crippen LogP contribution in [-0.4, -0.2) is 106 Å². The Labute approximate surface area is 366 Å². The molecule has 0 saturated carbocycles. The van der Waals surface area contributed by atoms with Gasteiger partial charge in [0.25, 0.3) is 0 Å². The number of alkyl carbamates (subject to hydrolysis) is 2. The minimum absolute atomic E-state index is 0.0298. The lowest BCUT2D eigenvalue weighted by Crippen LogP contribution is -2.53. The van der Waals surface area contributed by atoms with E-state index in [0.29, 0.717) is 44.2 Å². The number of aromatic amines is 2. The molecule has 0 bridgehead atoms. The van der Waals surface area contributed by atoms with Crippen molar-refractivity contribution in [3.8, 4) is 28.1 Å². The van der Waals surface area contributed by atoms with E-state index < -0.39 is 24.3 Å². The first kappa shape index (κ1) is 43.5. The number of aromatic nitrogens is 4. The number of benzene rings is 3. The van der Waals surface area contributed by atoms with E-state index >= 15 is 0 Å². The molecule has 5 heterocycles. The minimum Gasteiger partial charge on any atom is -0.488 e. The summed E-state index contributed by atoms with van der Waals surface area (Å²) in [5, 5.41) is 7.50. The number of hydrogen-bond donors (Lipinski definition) is 4. The topological polar surface area (TPSA) is 193 Å². The molecule has 334 valence electrons. The molecule has 3 aliphatic rings. The summed E-state index contributed by atoms with van der Waals surface area (Å²) >= 11 is 0. The van der Waals surface area contributed by atoms with Crippen molar-refractivity contribution in [3.05, 3.63) is 65.9 Å². The van der Waals surface area contributed by atoms with E-state index in [-0.39, 0.29) is 47.7 Å². The van der Waals surface area contributed by atoms with E-state index in [0.717, 1.165) is 68.3 Å². The number of ether oxygens (including phenoxy) is 4. The molecule has 16 nitrogen and oxygen atoms in total. The number of imidazole rings is 2. The first-order chi connectivity index (χ1) is 30.3. The molecule has 2 fully saturated rings. The van der Waals surface area contributed by atoms with Crippen molar-refractivity contribution in [3.63, 3.8) is 0 Å². The molecule has 63 heavy (non-hydrogen) atoms. The SMILES string of the molecule is CC[C@H](C)[C@H](NC(=O)OC)C(=O)N1[C@@H](C)CC[C@H]1c1nc2ccc3cc4c(cc3c2[nH]1)OCc1cc(-c2cnc([C@@H]3C[C@H](COC)CN3C(=O)[C@@H](NC(=O)OC)C(C)C)[nH]2)ccc1-4. The molecule has 7 atom stereocenters. The monoisotopic (exact) mass is 862 g/mol. The van der Waals surface area contributed by atoms with Crippen LogP contribution in [0.3, 0.4) is 0 Å². The second-order valence-corrected chi connectivity index (χ2v) is 17.6. The van der Waals surface area contributed by atoms with Crippen LogP contribution in [0.1, 0.15) is 89.6 Å². The Morgan fingerprint density at radius 1 is 0.889 bits per heavy atom. The quantitative estimate of drug-likeness (QED) is 0.0982. The Hall–Kier alpha value is -6.16. The Balaban J connectivity index is 1.05. The van der Waals surface area contributed by atoms with Gasteiger partial charge in [0.1, 0.15) is 36.1 Å². The third-order valence-electron chi connectivity index (χ3n) is 13.2. The van der Waals surface area contributed by atoms with Gasteiger partial charge in [-0.15, -0.1) is 0 Å². The molecule has 0 radical (unpaired) electrons. The van der Waals surface area contributed by atoms with Gasteiger partial charge >= 0.3 is 12.2 Å². The van der Waals surface area contributed by atoms with Crippen molar-refractivity contribution < 1.29 is 38.1 Å². The fourth-order valence-electron chi connectivity index (χ4n) is 9.60. The molecule has 4 N–H and O–H groups in total. The lowest BCUT2D eigenvalue weighted by molar-refractivity contribution is -0.137. The van der Waals surface area contributed by atoms with Crippen molar-refractivity contribution in [2.24, 2.45) is 17.8 Å². The second kappa shape index (κ2) is 17.9. The van der Waals surface area contributed by atoms with E-state index in [1.807, 2.05) is 45.6 Å². The van der Waals surface area contributed by atoms with Gasteiger partial charge in [0, 0.05) is 36.6 Å². The normalized spacial score (nSPS) is 20.8. The van der Waals surface area contributed by atoms with Gasteiger partial charge < -0.3 is 49.3 Å². The molecule has 16 heteroatoms. The second-order valence-electron chi connectivity index (χ2n) is 17.6. The van der Waals surface area contributed by atoms with Gasteiger partial charge in [-0.3, -0.25) is 9.59 Å². The van der Waals surface area contributed by atoms with Gasteiger partial charge in [-0.05, 0) is 84.4 Å². The van der Waals surface area contributed by atoms with Gasteiger partial charge in [-0.1, -0.05) is 52.3 Å². The Kier molecular flexibility index (Phi) is 12.4. The largest absolute Gasteiger partial charge is 0.488 e. The van der Waals surface area contributed by atoms with Gasteiger partial charge in [-0.25, -0.2) is 19.6 Å². The molecule has 0 spiro atoms. The smallest absolute Gasteiger partial charge is 0.407 e. The highest BCUT2D eigenvalue weighted by atomic mass is 16.5. The number of amides is 4. The summed E-state index contributed by atoms with van der Waals surface area (Å²) in [6.07, 6.45) is 3.47. The molecule has 2 aromatic heterocycles. The molecule has 4 amide bonds. The summed E-state index contributed by atoms with van der Waals surface area (Å²) in [6.45, 7) is 11.1. The van der Waals surface area contributed by atoms with Gasteiger partial charge in [0.15, 0.2) is 0 Å². The van der Waals surface area contributed by atoms with Crippen molar-refractivity contribution >= 4 is 45.8 Å². The zero-order valence-electron chi connectivity index (χ0n) is 37.2. The van der Waals surface area contributed by atoms with Gasteiger partial charge in [0.05, 0.1) is 55.8 Å². The number of carbonyl (C=O) groups is 4. The molecular formula is C47H58N8O8. The highest BCUT2D eigenvalue weighted by Gasteiger charge is 2.43. The molecule has 2 saturated heterocycles. The van der Waals surface area contributed by atoms with E-state index in [9.17, 15) is 19.2 Å². The van der Waals surface area contributed by atoms with Crippen LogP contribution in [0.15, 0.2) is 48.7 Å². The first-order valence-electron chi connectivity index (χ1n) is 21.9. The zero-order chi connectivity index (χ0) is 44.7. The highest BCUT2D eigenvalue weighted by molar-refractivity contribution is 6.07. The number of H-pyrrole nitrogens is 2. The van der Waals surface area contributed by atoms with E-state index in [1.54, 1.807) is 18.2 Å². The number of nitrogens with one attached hydrogen (secondary N) is 4. The fourth-order valence-corrected chi connectivity index (χ4v) is 9.60. The standard InChI is InChI=1S/C47H58N8O8/c1-9-25(4)40(53-47(59)62-8)45(57)55-26(5)10-15-36(55)43-49-34-14-12-28-18-33-31-13-11-29(17-30(31)23-63-38(33)19-32(28)41(34)51-43)35-20-48-42(50-35)37-16-27(22-60-6)21-54(37)44(56)39(24(2)3)52-46(58)61-7/h11-14,17-20,24-27,36-37,39-40H,9-10,15-16,21-23H2,1-8H3,(H,48,50)(H,49,51)(H,52,58)(H,53,59)/t25-,26-,27-,36-,37-,39-,40-/m0/s1. The van der Waals surface area contributed by atoms with Crippen LogP contribution < -0.4 is 15.4 Å². The van der Waals surface area contributed by atoms with Crippen molar-refractivity contribution in [2.45, 2.75) is 97.1 Å². The van der Waals surface area contributed by atoms with Crippen LogP contribution in [-0.2, 0) is 30.4 Å². The van der Waals surface area contributed by atoms with E-state index in [4.69, 9.17) is 28.9 Å². The van der Waals surface area contributed by atoms with Crippen LogP contribution in [0.5, 0.6) is 5.75 Å². The maximum Gasteiger partial charge on any atom is 0.407 e. The molecule has 3 aromatic carbocycles.